The molecule has 2 aromatic rings. The number of rotatable bonds is 7. The van der Waals surface area contributed by atoms with Crippen LogP contribution in [0.25, 0.3) is 0 Å². The Morgan fingerprint density at radius 2 is 1.35 bits per heavy atom. The standard InChI is InChI=1S/C17H20O3/c1-3-18-15-8-10-16(11-9-15)19-12-13-20-17-7-5-4-6-14(17)2/h4-11H,3,12-13H2,1-2H3. The first-order chi connectivity index (χ1) is 9.79. The number of aryl methyl sites for hydroxylation is 1. The zero-order chi connectivity index (χ0) is 14.2. The molecule has 2 aromatic carbocycles. The van der Waals surface area contributed by atoms with Gasteiger partial charge < -0.3 is 14.2 Å². The van der Waals surface area contributed by atoms with Crippen molar-refractivity contribution < 1.29 is 14.2 Å². The van der Waals surface area contributed by atoms with Crippen LogP contribution in [-0.4, -0.2) is 19.8 Å². The van der Waals surface area contributed by atoms with Crippen LogP contribution in [0.3, 0.4) is 0 Å². The molecule has 2 rings (SSSR count). The predicted octanol–water partition coefficient (Wildman–Crippen LogP) is 3.85. The molecule has 0 saturated heterocycles. The van der Waals surface area contributed by atoms with Gasteiger partial charge in [-0.05, 0) is 49.7 Å². The van der Waals surface area contributed by atoms with Gasteiger partial charge in [0.25, 0.3) is 0 Å². The Labute approximate surface area is 120 Å². The smallest absolute Gasteiger partial charge is 0.122 e. The Morgan fingerprint density at radius 3 is 2.00 bits per heavy atom. The lowest BCUT2D eigenvalue weighted by atomic mass is 10.2. The fourth-order valence-electron chi connectivity index (χ4n) is 1.83. The summed E-state index contributed by atoms with van der Waals surface area (Å²) in [6, 6.07) is 15.6. The van der Waals surface area contributed by atoms with Crippen molar-refractivity contribution in [2.75, 3.05) is 19.8 Å². The van der Waals surface area contributed by atoms with Crippen LogP contribution < -0.4 is 14.2 Å². The number of ether oxygens (including phenoxy) is 3. The molecule has 0 unspecified atom stereocenters. The van der Waals surface area contributed by atoms with Crippen molar-refractivity contribution in [1.82, 2.24) is 0 Å². The van der Waals surface area contributed by atoms with Crippen molar-refractivity contribution in [2.24, 2.45) is 0 Å². The number of hydrogen-bond donors (Lipinski definition) is 0. The minimum absolute atomic E-state index is 0.516. The van der Waals surface area contributed by atoms with E-state index in [4.69, 9.17) is 14.2 Å². The van der Waals surface area contributed by atoms with Crippen LogP contribution in [-0.2, 0) is 0 Å². The maximum atomic E-state index is 5.67. The van der Waals surface area contributed by atoms with Crippen molar-refractivity contribution in [3.63, 3.8) is 0 Å². The van der Waals surface area contributed by atoms with Crippen LogP contribution in [0.1, 0.15) is 12.5 Å². The summed E-state index contributed by atoms with van der Waals surface area (Å²) in [5, 5.41) is 0. The summed E-state index contributed by atoms with van der Waals surface area (Å²) < 4.78 is 16.7. The highest BCUT2D eigenvalue weighted by molar-refractivity contribution is 5.32. The monoisotopic (exact) mass is 272 g/mol. The first-order valence-electron chi connectivity index (χ1n) is 6.83. The number of benzene rings is 2. The van der Waals surface area contributed by atoms with E-state index in [0.29, 0.717) is 19.8 Å². The quantitative estimate of drug-likeness (QED) is 0.716. The van der Waals surface area contributed by atoms with Crippen molar-refractivity contribution >= 4 is 0 Å². The van der Waals surface area contributed by atoms with E-state index in [9.17, 15) is 0 Å². The second kappa shape index (κ2) is 7.43. The lowest BCUT2D eigenvalue weighted by Crippen LogP contribution is -2.09. The third-order valence-electron chi connectivity index (χ3n) is 2.84. The molecule has 0 spiro atoms. The highest BCUT2D eigenvalue weighted by Crippen LogP contribution is 2.18. The zero-order valence-corrected chi connectivity index (χ0v) is 12.0. The molecule has 0 N–H and O–H groups in total. The summed E-state index contributed by atoms with van der Waals surface area (Å²) in [5.74, 6) is 2.58. The van der Waals surface area contributed by atoms with Crippen molar-refractivity contribution in [3.05, 3.63) is 54.1 Å². The molecule has 0 atom stereocenters. The first-order valence-corrected chi connectivity index (χ1v) is 6.83. The van der Waals surface area contributed by atoms with Gasteiger partial charge in [-0.15, -0.1) is 0 Å². The van der Waals surface area contributed by atoms with Gasteiger partial charge in [-0.1, -0.05) is 18.2 Å². The number of hydrogen-bond acceptors (Lipinski definition) is 3. The second-order valence-corrected chi connectivity index (χ2v) is 4.37. The molecule has 0 radical (unpaired) electrons. The van der Waals surface area contributed by atoms with E-state index in [0.717, 1.165) is 22.8 Å². The molecule has 0 aliphatic heterocycles. The van der Waals surface area contributed by atoms with E-state index in [-0.39, 0.29) is 0 Å². The van der Waals surface area contributed by atoms with Gasteiger partial charge in [-0.2, -0.15) is 0 Å². The molecule has 0 fully saturated rings. The van der Waals surface area contributed by atoms with E-state index < -0.39 is 0 Å². The molecule has 0 heterocycles. The van der Waals surface area contributed by atoms with Gasteiger partial charge in [0.05, 0.1) is 6.61 Å². The van der Waals surface area contributed by atoms with Gasteiger partial charge in [-0.3, -0.25) is 0 Å². The molecule has 20 heavy (non-hydrogen) atoms. The molecule has 3 heteroatoms. The summed E-state index contributed by atoms with van der Waals surface area (Å²) in [5.41, 5.74) is 1.13. The van der Waals surface area contributed by atoms with Crippen LogP contribution in [0.4, 0.5) is 0 Å². The maximum Gasteiger partial charge on any atom is 0.122 e. The van der Waals surface area contributed by atoms with Crippen molar-refractivity contribution in [1.29, 1.82) is 0 Å². The van der Waals surface area contributed by atoms with Gasteiger partial charge in [0.15, 0.2) is 0 Å². The summed E-state index contributed by atoms with van der Waals surface area (Å²) in [6.45, 7) is 5.71. The van der Waals surface area contributed by atoms with Crippen LogP contribution in [0.5, 0.6) is 17.2 Å². The van der Waals surface area contributed by atoms with Gasteiger partial charge in [-0.25, -0.2) is 0 Å². The second-order valence-electron chi connectivity index (χ2n) is 4.37. The Morgan fingerprint density at radius 1 is 0.750 bits per heavy atom. The third-order valence-corrected chi connectivity index (χ3v) is 2.84. The van der Waals surface area contributed by atoms with E-state index in [1.165, 1.54) is 0 Å². The van der Waals surface area contributed by atoms with Crippen LogP contribution in [0, 0.1) is 6.92 Å². The Kier molecular flexibility index (Phi) is 5.30. The molecule has 0 saturated carbocycles. The molecule has 0 bridgehead atoms. The van der Waals surface area contributed by atoms with Gasteiger partial charge >= 0.3 is 0 Å². The lowest BCUT2D eigenvalue weighted by Gasteiger charge is -2.10. The topological polar surface area (TPSA) is 27.7 Å². The normalized spacial score (nSPS) is 10.1. The summed E-state index contributed by atoms with van der Waals surface area (Å²) in [4.78, 5) is 0. The highest BCUT2D eigenvalue weighted by Gasteiger charge is 1.99. The largest absolute Gasteiger partial charge is 0.494 e. The van der Waals surface area contributed by atoms with E-state index in [2.05, 4.69) is 0 Å². The Balaban J connectivity index is 1.74. The van der Waals surface area contributed by atoms with E-state index in [1.807, 2.05) is 62.4 Å². The molecular formula is C17H20O3. The predicted molar refractivity (Wildman–Crippen MR) is 79.8 cm³/mol. The minimum atomic E-state index is 0.516. The molecule has 3 nitrogen and oxygen atoms in total. The van der Waals surface area contributed by atoms with Gasteiger partial charge in [0.1, 0.15) is 30.5 Å². The molecule has 106 valence electrons. The summed E-state index contributed by atoms with van der Waals surface area (Å²) in [7, 11) is 0. The Hall–Kier alpha value is -2.16. The first kappa shape index (κ1) is 14.3. The molecule has 0 aliphatic carbocycles. The maximum absolute atomic E-state index is 5.67. The molecule has 0 aromatic heterocycles. The van der Waals surface area contributed by atoms with Crippen LogP contribution >= 0.6 is 0 Å². The van der Waals surface area contributed by atoms with Crippen LogP contribution in [0.2, 0.25) is 0 Å². The number of para-hydroxylation sites is 1. The molecule has 0 amide bonds. The average Bonchev–Trinajstić information content (AvgIpc) is 2.47. The van der Waals surface area contributed by atoms with E-state index in [1.54, 1.807) is 0 Å². The molecular weight excluding hydrogens is 252 g/mol. The third kappa shape index (κ3) is 4.19. The van der Waals surface area contributed by atoms with Gasteiger partial charge in [0, 0.05) is 0 Å². The summed E-state index contributed by atoms with van der Waals surface area (Å²) in [6.07, 6.45) is 0. The average molecular weight is 272 g/mol. The lowest BCUT2D eigenvalue weighted by molar-refractivity contribution is 0.216. The highest BCUT2D eigenvalue weighted by atomic mass is 16.5. The zero-order valence-electron chi connectivity index (χ0n) is 12.0. The Bertz CT molecular complexity index is 520. The van der Waals surface area contributed by atoms with E-state index >= 15 is 0 Å². The van der Waals surface area contributed by atoms with Crippen molar-refractivity contribution in [3.8, 4) is 17.2 Å². The SMILES string of the molecule is CCOc1ccc(OCCOc2ccccc2C)cc1. The fraction of sp³-hybridized carbons (Fsp3) is 0.294. The van der Waals surface area contributed by atoms with Crippen molar-refractivity contribution in [2.45, 2.75) is 13.8 Å². The van der Waals surface area contributed by atoms with Crippen LogP contribution in [0.15, 0.2) is 48.5 Å². The molecule has 0 aliphatic rings. The van der Waals surface area contributed by atoms with Gasteiger partial charge in [0.2, 0.25) is 0 Å². The fourth-order valence-corrected chi connectivity index (χ4v) is 1.83. The summed E-state index contributed by atoms with van der Waals surface area (Å²) >= 11 is 0. The minimum Gasteiger partial charge on any atom is -0.494 e.